The van der Waals surface area contributed by atoms with E-state index in [0.717, 1.165) is 25.7 Å². The monoisotopic (exact) mass is 625 g/mol. The Balaban J connectivity index is 1.42. The van der Waals surface area contributed by atoms with E-state index in [-0.39, 0.29) is 27.8 Å². The Bertz CT molecular complexity index is 1710. The number of carbonyl (C=O) groups excluding carboxylic acids is 1. The first-order valence-corrected chi connectivity index (χ1v) is 16.1. The van der Waals surface area contributed by atoms with Gasteiger partial charge in [-0.1, -0.05) is 29.8 Å². The molecule has 12 heteroatoms. The number of nitrogens with one attached hydrogen (secondary N) is 2. The van der Waals surface area contributed by atoms with Crippen molar-refractivity contribution in [1.29, 1.82) is 0 Å². The molecule has 5 rings (SSSR count). The van der Waals surface area contributed by atoms with E-state index >= 15 is 0 Å². The highest BCUT2D eigenvalue weighted by Gasteiger charge is 2.26. The van der Waals surface area contributed by atoms with Crippen LogP contribution in [0.4, 0.5) is 10.6 Å². The van der Waals surface area contributed by atoms with Crippen LogP contribution < -0.4 is 15.4 Å². The van der Waals surface area contributed by atoms with Crippen LogP contribution >= 0.6 is 11.6 Å². The zero-order chi connectivity index (χ0) is 30.8. The molecule has 3 heterocycles. The first kappa shape index (κ1) is 30.6. The third kappa shape index (κ3) is 7.22. The van der Waals surface area contributed by atoms with E-state index in [9.17, 15) is 13.2 Å². The standard InChI is InChI=1S/C31H36ClN5O5S/c1-5-41-23-17-25-26(19-37(29(25)33-18-23)43(39,40)24-9-7-6-8-10-24)20-15-27(32)36-28(16-20)34-21-11-13-22(14-12-21)35-30(38)42-31(2,3)4/h6-10,15-19,21-22H,5,11-14H2,1-4H3,(H,34,36)(H,35,38). The Morgan fingerprint density at radius 2 is 1.77 bits per heavy atom. The topological polar surface area (TPSA) is 124 Å². The highest BCUT2D eigenvalue weighted by molar-refractivity contribution is 7.90. The van der Waals surface area contributed by atoms with Crippen molar-refractivity contribution in [3.05, 3.63) is 66.1 Å². The lowest BCUT2D eigenvalue weighted by Crippen LogP contribution is -2.42. The Morgan fingerprint density at radius 1 is 1.07 bits per heavy atom. The number of halogens is 1. The molecule has 3 aromatic heterocycles. The van der Waals surface area contributed by atoms with Crippen LogP contribution in [0, 0.1) is 0 Å². The van der Waals surface area contributed by atoms with Crippen LogP contribution in [-0.4, -0.2) is 52.7 Å². The second-order valence-electron chi connectivity index (χ2n) is 11.5. The van der Waals surface area contributed by atoms with Crippen molar-refractivity contribution in [1.82, 2.24) is 19.3 Å². The summed E-state index contributed by atoms with van der Waals surface area (Å²) in [5.41, 5.74) is 1.05. The van der Waals surface area contributed by atoms with Gasteiger partial charge in [0.2, 0.25) is 0 Å². The van der Waals surface area contributed by atoms with Gasteiger partial charge in [-0.05, 0) is 89.3 Å². The van der Waals surface area contributed by atoms with Gasteiger partial charge in [-0.3, -0.25) is 0 Å². The lowest BCUT2D eigenvalue weighted by Gasteiger charge is -2.30. The summed E-state index contributed by atoms with van der Waals surface area (Å²) in [7, 11) is -3.93. The SMILES string of the molecule is CCOc1cnc2c(c1)c(-c1cc(Cl)nc(NC3CCC(NC(=O)OC(C)(C)C)CC3)c1)cn2S(=O)(=O)c1ccccc1. The van der Waals surface area contributed by atoms with Crippen LogP contribution in [-0.2, 0) is 14.8 Å². The van der Waals surface area contributed by atoms with Gasteiger partial charge in [0.1, 0.15) is 22.3 Å². The van der Waals surface area contributed by atoms with Crippen LogP contribution in [0.25, 0.3) is 22.2 Å². The summed E-state index contributed by atoms with van der Waals surface area (Å²) >= 11 is 6.50. The van der Waals surface area contributed by atoms with Crippen LogP contribution in [0.3, 0.4) is 0 Å². The third-order valence-corrected chi connectivity index (χ3v) is 8.96. The maximum atomic E-state index is 13.7. The molecule has 1 aromatic carbocycles. The van der Waals surface area contributed by atoms with Gasteiger partial charge in [0.15, 0.2) is 5.65 Å². The fourth-order valence-corrected chi connectivity index (χ4v) is 6.77. The Labute approximate surface area is 256 Å². The van der Waals surface area contributed by atoms with E-state index in [4.69, 9.17) is 21.1 Å². The minimum atomic E-state index is -3.93. The summed E-state index contributed by atoms with van der Waals surface area (Å²) in [5, 5.41) is 7.31. The molecule has 0 spiro atoms. The summed E-state index contributed by atoms with van der Waals surface area (Å²) in [4.78, 5) is 21.3. The van der Waals surface area contributed by atoms with E-state index in [1.165, 1.54) is 10.2 Å². The first-order chi connectivity index (χ1) is 20.4. The zero-order valence-electron chi connectivity index (χ0n) is 24.6. The number of pyridine rings is 2. The van der Waals surface area contributed by atoms with Gasteiger partial charge in [0.05, 0.1) is 17.7 Å². The van der Waals surface area contributed by atoms with Crippen molar-refractivity contribution in [2.45, 2.75) is 76.0 Å². The third-order valence-electron chi connectivity index (χ3n) is 7.10. The summed E-state index contributed by atoms with van der Waals surface area (Å²) in [5.74, 6) is 1.10. The number of rotatable bonds is 8. The fourth-order valence-electron chi connectivity index (χ4n) is 5.22. The average molecular weight is 626 g/mol. The maximum absolute atomic E-state index is 13.7. The van der Waals surface area contributed by atoms with Crippen molar-refractivity contribution >= 4 is 44.6 Å². The van der Waals surface area contributed by atoms with E-state index in [1.54, 1.807) is 48.7 Å². The predicted molar refractivity (Wildman–Crippen MR) is 167 cm³/mol. The van der Waals surface area contributed by atoms with Crippen LogP contribution in [0.5, 0.6) is 5.75 Å². The number of carbonyl (C=O) groups is 1. The van der Waals surface area contributed by atoms with Crippen molar-refractivity contribution in [3.63, 3.8) is 0 Å². The normalized spacial score (nSPS) is 17.4. The number of benzene rings is 1. The smallest absolute Gasteiger partial charge is 0.407 e. The molecule has 0 aliphatic heterocycles. The van der Waals surface area contributed by atoms with E-state index in [0.29, 0.717) is 34.7 Å². The van der Waals surface area contributed by atoms with Crippen LogP contribution in [0.2, 0.25) is 5.15 Å². The number of hydrogen-bond acceptors (Lipinski definition) is 8. The van der Waals surface area contributed by atoms with Gasteiger partial charge in [-0.25, -0.2) is 27.2 Å². The minimum Gasteiger partial charge on any atom is -0.492 e. The highest BCUT2D eigenvalue weighted by atomic mass is 35.5. The van der Waals surface area contributed by atoms with Gasteiger partial charge < -0.3 is 20.1 Å². The number of amides is 1. The maximum Gasteiger partial charge on any atom is 0.407 e. The molecule has 1 aliphatic carbocycles. The van der Waals surface area contributed by atoms with Crippen LogP contribution in [0.15, 0.2) is 65.8 Å². The number of aromatic nitrogens is 3. The Kier molecular flexibility index (Phi) is 8.84. The fraction of sp³-hybridized carbons (Fsp3) is 0.387. The van der Waals surface area contributed by atoms with Crippen molar-refractivity contribution in [2.24, 2.45) is 0 Å². The quantitative estimate of drug-likeness (QED) is 0.209. The van der Waals surface area contributed by atoms with Gasteiger partial charge in [0.25, 0.3) is 10.0 Å². The first-order valence-electron chi connectivity index (χ1n) is 14.3. The molecule has 0 saturated heterocycles. The van der Waals surface area contributed by atoms with Gasteiger partial charge in [-0.15, -0.1) is 0 Å². The number of hydrogen-bond donors (Lipinski definition) is 2. The largest absolute Gasteiger partial charge is 0.492 e. The number of fused-ring (bicyclic) bond motifs is 1. The highest BCUT2D eigenvalue weighted by Crippen LogP contribution is 2.36. The van der Waals surface area contributed by atoms with Gasteiger partial charge in [-0.2, -0.15) is 0 Å². The van der Waals surface area contributed by atoms with E-state index < -0.39 is 21.7 Å². The van der Waals surface area contributed by atoms with Crippen molar-refractivity contribution < 1.29 is 22.7 Å². The van der Waals surface area contributed by atoms with E-state index in [1.807, 2.05) is 33.8 Å². The van der Waals surface area contributed by atoms with E-state index in [2.05, 4.69) is 20.6 Å². The number of anilines is 1. The zero-order valence-corrected chi connectivity index (χ0v) is 26.2. The molecule has 0 unspecified atom stereocenters. The second-order valence-corrected chi connectivity index (χ2v) is 13.7. The summed E-state index contributed by atoms with van der Waals surface area (Å²) < 4.78 is 39.6. The molecule has 43 heavy (non-hydrogen) atoms. The summed E-state index contributed by atoms with van der Waals surface area (Å²) in [6, 6.07) is 13.8. The lowest BCUT2D eigenvalue weighted by molar-refractivity contribution is 0.0492. The summed E-state index contributed by atoms with van der Waals surface area (Å²) in [6.07, 6.45) is 5.91. The molecule has 1 fully saturated rings. The van der Waals surface area contributed by atoms with Crippen molar-refractivity contribution in [2.75, 3.05) is 11.9 Å². The number of nitrogens with zero attached hydrogens (tertiary/aromatic N) is 3. The molecule has 2 N–H and O–H groups in total. The number of ether oxygens (including phenoxy) is 2. The van der Waals surface area contributed by atoms with Gasteiger partial charge >= 0.3 is 6.09 Å². The summed E-state index contributed by atoms with van der Waals surface area (Å²) in [6.45, 7) is 7.84. The molecule has 1 aliphatic rings. The van der Waals surface area contributed by atoms with Crippen molar-refractivity contribution in [3.8, 4) is 16.9 Å². The molecular formula is C31H36ClN5O5S. The lowest BCUT2D eigenvalue weighted by atomic mass is 9.91. The minimum absolute atomic E-state index is 0.0421. The molecule has 0 bridgehead atoms. The molecule has 10 nitrogen and oxygen atoms in total. The molecule has 0 atom stereocenters. The molecule has 0 radical (unpaired) electrons. The number of alkyl carbamates (subject to hydrolysis) is 1. The Hall–Kier alpha value is -3.83. The predicted octanol–water partition coefficient (Wildman–Crippen LogP) is 6.64. The van der Waals surface area contributed by atoms with Crippen LogP contribution in [0.1, 0.15) is 53.4 Å². The molecule has 1 amide bonds. The van der Waals surface area contributed by atoms with Gasteiger partial charge in [0, 0.05) is 29.2 Å². The average Bonchev–Trinajstić information content (AvgIpc) is 3.33. The molecule has 1 saturated carbocycles. The Morgan fingerprint density at radius 3 is 2.44 bits per heavy atom. The molecule has 4 aromatic rings. The second kappa shape index (κ2) is 12.4. The molecule has 228 valence electrons. The molecular weight excluding hydrogens is 590 g/mol.